The molecule has 1 aromatic carbocycles. The lowest BCUT2D eigenvalue weighted by Crippen LogP contribution is -2.38. The van der Waals surface area contributed by atoms with Crippen molar-refractivity contribution in [3.05, 3.63) is 29.8 Å². The molecule has 1 aromatic rings. The Hall–Kier alpha value is -2.06. The Morgan fingerprint density at radius 1 is 1.48 bits per heavy atom. The molecule has 3 atom stereocenters. The minimum atomic E-state index is -0.593. The molecule has 1 aliphatic carbocycles. The quantitative estimate of drug-likeness (QED) is 0.862. The number of benzene rings is 1. The number of amides is 1. The van der Waals surface area contributed by atoms with Gasteiger partial charge in [0.2, 0.25) is 0 Å². The molecule has 0 saturated heterocycles. The van der Waals surface area contributed by atoms with Gasteiger partial charge in [0.05, 0.1) is 17.7 Å². The molecular weight excluding hydrogens is 268 g/mol. The zero-order valence-corrected chi connectivity index (χ0v) is 12.1. The van der Waals surface area contributed by atoms with Gasteiger partial charge in [-0.3, -0.25) is 4.79 Å². The predicted molar refractivity (Wildman–Crippen MR) is 77.6 cm³/mol. The molecule has 1 fully saturated rings. The average molecular weight is 288 g/mol. The molecule has 112 valence electrons. The molecule has 2 rings (SSSR count). The highest BCUT2D eigenvalue weighted by Crippen LogP contribution is 2.24. The van der Waals surface area contributed by atoms with E-state index in [1.54, 1.807) is 31.2 Å². The molecule has 21 heavy (non-hydrogen) atoms. The van der Waals surface area contributed by atoms with Crippen LogP contribution in [0.1, 0.15) is 31.7 Å². The minimum absolute atomic E-state index is 0.166. The van der Waals surface area contributed by atoms with Crippen LogP contribution in [0.15, 0.2) is 24.3 Å². The summed E-state index contributed by atoms with van der Waals surface area (Å²) < 4.78 is 5.54. The minimum Gasteiger partial charge on any atom is -0.481 e. The molecule has 1 amide bonds. The maximum Gasteiger partial charge on any atom is 0.260 e. The predicted octanol–water partition coefficient (Wildman–Crippen LogP) is 1.60. The van der Waals surface area contributed by atoms with Crippen LogP contribution >= 0.6 is 0 Å². The van der Waals surface area contributed by atoms with Gasteiger partial charge < -0.3 is 15.2 Å². The summed E-state index contributed by atoms with van der Waals surface area (Å²) in [4.78, 5) is 12.0. The van der Waals surface area contributed by atoms with E-state index in [4.69, 9.17) is 10.00 Å². The summed E-state index contributed by atoms with van der Waals surface area (Å²) in [6.07, 6.45) is 1.71. The van der Waals surface area contributed by atoms with Gasteiger partial charge in [-0.25, -0.2) is 0 Å². The van der Waals surface area contributed by atoms with Crippen LogP contribution in [0.25, 0.3) is 0 Å². The van der Waals surface area contributed by atoms with Crippen LogP contribution in [0.3, 0.4) is 0 Å². The Kier molecular flexibility index (Phi) is 5.18. The Bertz CT molecular complexity index is 521. The van der Waals surface area contributed by atoms with Crippen LogP contribution in [0, 0.1) is 17.2 Å². The number of aliphatic hydroxyl groups excluding tert-OH is 1. The molecule has 0 heterocycles. The summed E-state index contributed by atoms with van der Waals surface area (Å²) in [6, 6.07) is 8.69. The number of hydrogen-bond donors (Lipinski definition) is 2. The van der Waals surface area contributed by atoms with Crippen LogP contribution < -0.4 is 10.1 Å². The summed E-state index contributed by atoms with van der Waals surface area (Å²) in [5, 5.41) is 21.0. The third-order valence-electron chi connectivity index (χ3n) is 3.74. The molecule has 1 aliphatic rings. The van der Waals surface area contributed by atoms with E-state index in [0.717, 1.165) is 19.3 Å². The van der Waals surface area contributed by atoms with E-state index in [2.05, 4.69) is 5.32 Å². The molecule has 2 N–H and O–H groups in total. The van der Waals surface area contributed by atoms with Crippen LogP contribution in [0.5, 0.6) is 5.75 Å². The Labute approximate surface area is 124 Å². The van der Waals surface area contributed by atoms with Gasteiger partial charge in [-0.05, 0) is 56.4 Å². The molecule has 0 radical (unpaired) electrons. The number of nitrogens with zero attached hydrogens (tertiary/aromatic N) is 1. The van der Waals surface area contributed by atoms with Gasteiger partial charge >= 0.3 is 0 Å². The Morgan fingerprint density at radius 3 is 2.76 bits per heavy atom. The third-order valence-corrected chi connectivity index (χ3v) is 3.74. The number of carbonyl (C=O) groups excluding carboxylic acids is 1. The first-order chi connectivity index (χ1) is 10.1. The third kappa shape index (κ3) is 4.47. The second kappa shape index (κ2) is 7.09. The number of nitriles is 1. The highest BCUT2D eigenvalue weighted by molar-refractivity contribution is 5.80. The fourth-order valence-corrected chi connectivity index (χ4v) is 2.49. The zero-order valence-electron chi connectivity index (χ0n) is 12.1. The number of aliphatic hydroxyl groups is 1. The van der Waals surface area contributed by atoms with Crippen molar-refractivity contribution >= 4 is 5.91 Å². The lowest BCUT2D eigenvalue weighted by atomic mass is 10.1. The molecule has 5 nitrogen and oxygen atoms in total. The van der Waals surface area contributed by atoms with Gasteiger partial charge in [-0.2, -0.15) is 5.26 Å². The smallest absolute Gasteiger partial charge is 0.260 e. The monoisotopic (exact) mass is 288 g/mol. The fourth-order valence-electron chi connectivity index (χ4n) is 2.49. The van der Waals surface area contributed by atoms with Crippen molar-refractivity contribution in [2.45, 2.75) is 38.4 Å². The zero-order chi connectivity index (χ0) is 15.2. The van der Waals surface area contributed by atoms with E-state index in [1.807, 2.05) is 6.07 Å². The van der Waals surface area contributed by atoms with Crippen molar-refractivity contribution < 1.29 is 14.6 Å². The number of nitrogens with one attached hydrogen (secondary N) is 1. The van der Waals surface area contributed by atoms with Crippen molar-refractivity contribution in [1.82, 2.24) is 5.32 Å². The number of carbonyl (C=O) groups is 1. The van der Waals surface area contributed by atoms with Crippen molar-refractivity contribution in [3.63, 3.8) is 0 Å². The van der Waals surface area contributed by atoms with Crippen molar-refractivity contribution in [3.8, 4) is 11.8 Å². The standard InChI is InChI=1S/C16H20N2O3/c1-11(21-15-6-3-12(9-17)4-7-15)16(20)18-10-13-2-5-14(19)8-13/h3-4,6-7,11,13-14,19H,2,5,8,10H2,1H3,(H,18,20). The average Bonchev–Trinajstić information content (AvgIpc) is 2.91. The highest BCUT2D eigenvalue weighted by Gasteiger charge is 2.24. The summed E-state index contributed by atoms with van der Waals surface area (Å²) >= 11 is 0. The second-order valence-corrected chi connectivity index (χ2v) is 5.47. The molecule has 3 unspecified atom stereocenters. The fraction of sp³-hybridized carbons (Fsp3) is 0.500. The van der Waals surface area contributed by atoms with Crippen LogP contribution in [0.4, 0.5) is 0 Å². The maximum atomic E-state index is 12.0. The van der Waals surface area contributed by atoms with Gasteiger partial charge in [0.1, 0.15) is 5.75 Å². The van der Waals surface area contributed by atoms with Gasteiger partial charge in [0.25, 0.3) is 5.91 Å². The van der Waals surface area contributed by atoms with Crippen molar-refractivity contribution in [1.29, 1.82) is 5.26 Å². The van der Waals surface area contributed by atoms with Gasteiger partial charge in [0, 0.05) is 6.54 Å². The van der Waals surface area contributed by atoms with Crippen LogP contribution in [0.2, 0.25) is 0 Å². The molecule has 0 bridgehead atoms. The number of ether oxygens (including phenoxy) is 1. The van der Waals surface area contributed by atoms with Gasteiger partial charge in [-0.1, -0.05) is 0 Å². The highest BCUT2D eigenvalue weighted by atomic mass is 16.5. The van der Waals surface area contributed by atoms with Crippen molar-refractivity contribution in [2.24, 2.45) is 5.92 Å². The lowest BCUT2D eigenvalue weighted by molar-refractivity contribution is -0.127. The normalized spacial score (nSPS) is 22.3. The Morgan fingerprint density at radius 2 is 2.19 bits per heavy atom. The van der Waals surface area contributed by atoms with E-state index >= 15 is 0 Å². The van der Waals surface area contributed by atoms with Gasteiger partial charge in [0.15, 0.2) is 6.10 Å². The van der Waals surface area contributed by atoms with Crippen LogP contribution in [-0.4, -0.2) is 29.8 Å². The summed E-state index contributed by atoms with van der Waals surface area (Å²) in [5.41, 5.74) is 0.555. The summed E-state index contributed by atoms with van der Waals surface area (Å²) in [6.45, 7) is 2.27. The topological polar surface area (TPSA) is 82.3 Å². The SMILES string of the molecule is CC(Oc1ccc(C#N)cc1)C(=O)NCC1CCC(O)C1. The summed E-state index contributed by atoms with van der Waals surface area (Å²) in [7, 11) is 0. The first-order valence-electron chi connectivity index (χ1n) is 7.21. The maximum absolute atomic E-state index is 12.0. The van der Waals surface area contributed by atoms with E-state index in [0.29, 0.717) is 23.8 Å². The first-order valence-corrected chi connectivity index (χ1v) is 7.21. The van der Waals surface area contributed by atoms with E-state index in [9.17, 15) is 9.90 Å². The number of rotatable bonds is 5. The van der Waals surface area contributed by atoms with Crippen LogP contribution in [-0.2, 0) is 4.79 Å². The second-order valence-electron chi connectivity index (χ2n) is 5.47. The molecule has 0 aromatic heterocycles. The van der Waals surface area contributed by atoms with E-state index < -0.39 is 6.10 Å². The van der Waals surface area contributed by atoms with Gasteiger partial charge in [-0.15, -0.1) is 0 Å². The molecule has 0 spiro atoms. The molecule has 1 saturated carbocycles. The number of hydrogen-bond acceptors (Lipinski definition) is 4. The largest absolute Gasteiger partial charge is 0.481 e. The molecular formula is C16H20N2O3. The Balaban J connectivity index is 1.77. The van der Waals surface area contributed by atoms with E-state index in [1.165, 1.54) is 0 Å². The first kappa shape index (κ1) is 15.3. The summed E-state index contributed by atoms with van der Waals surface area (Å²) in [5.74, 6) is 0.750. The van der Waals surface area contributed by atoms with E-state index in [-0.39, 0.29) is 12.0 Å². The van der Waals surface area contributed by atoms with Crippen molar-refractivity contribution in [2.75, 3.05) is 6.54 Å². The lowest BCUT2D eigenvalue weighted by Gasteiger charge is -2.16. The molecule has 5 heteroatoms. The molecule has 0 aliphatic heterocycles.